The number of ether oxygens (including phenoxy) is 1. The predicted octanol–water partition coefficient (Wildman–Crippen LogP) is 1.88. The van der Waals surface area contributed by atoms with Crippen molar-refractivity contribution in [2.24, 2.45) is 7.05 Å². The molecule has 1 spiro atoms. The van der Waals surface area contributed by atoms with Gasteiger partial charge in [-0.2, -0.15) is 0 Å². The topological polar surface area (TPSA) is 80.6 Å². The fourth-order valence-electron chi connectivity index (χ4n) is 5.21. The van der Waals surface area contributed by atoms with Gasteiger partial charge in [-0.25, -0.2) is 9.97 Å². The van der Waals surface area contributed by atoms with Gasteiger partial charge in [0.1, 0.15) is 11.6 Å². The Morgan fingerprint density at radius 2 is 2.07 bits per heavy atom. The van der Waals surface area contributed by atoms with Crippen molar-refractivity contribution in [1.82, 2.24) is 24.3 Å². The molecule has 5 heterocycles. The number of carbonyl (C=O) groups excluding carboxylic acids is 2. The number of hydrogen-bond donors (Lipinski definition) is 0. The van der Waals surface area contributed by atoms with Crippen molar-refractivity contribution in [2.45, 2.75) is 30.7 Å². The molecule has 3 fully saturated rings. The van der Waals surface area contributed by atoms with Crippen molar-refractivity contribution in [3.8, 4) is 0 Å². The first kappa shape index (κ1) is 17.6. The first-order chi connectivity index (χ1) is 14.6. The maximum Gasteiger partial charge on any atom is 0.255 e. The predicted molar refractivity (Wildman–Crippen MR) is 107 cm³/mol. The molecule has 0 unspecified atom stereocenters. The van der Waals surface area contributed by atoms with Crippen molar-refractivity contribution in [3.05, 3.63) is 60.0 Å². The van der Waals surface area contributed by atoms with Gasteiger partial charge in [0.05, 0.1) is 30.9 Å². The van der Waals surface area contributed by atoms with Crippen molar-refractivity contribution in [3.63, 3.8) is 0 Å². The molecule has 2 amide bonds. The highest BCUT2D eigenvalue weighted by Crippen LogP contribution is 2.50. The summed E-state index contributed by atoms with van der Waals surface area (Å²) in [5, 5.41) is 0. The van der Waals surface area contributed by atoms with Gasteiger partial charge in [-0.05, 0) is 11.6 Å². The summed E-state index contributed by atoms with van der Waals surface area (Å²) in [7, 11) is 1.87. The fraction of sp³-hybridized carbons (Fsp3) is 0.364. The lowest BCUT2D eigenvalue weighted by atomic mass is 10.1. The van der Waals surface area contributed by atoms with Gasteiger partial charge in [-0.1, -0.05) is 30.3 Å². The van der Waals surface area contributed by atoms with Gasteiger partial charge < -0.3 is 19.1 Å². The van der Waals surface area contributed by atoms with E-state index in [9.17, 15) is 9.59 Å². The van der Waals surface area contributed by atoms with Crippen LogP contribution in [0.3, 0.4) is 0 Å². The Morgan fingerprint density at radius 1 is 1.23 bits per heavy atom. The lowest BCUT2D eigenvalue weighted by molar-refractivity contribution is -0.138. The molecular formula is C22H21N5O3. The zero-order valence-electron chi connectivity index (χ0n) is 16.6. The van der Waals surface area contributed by atoms with Crippen molar-refractivity contribution < 1.29 is 14.3 Å². The molecule has 8 heteroatoms. The van der Waals surface area contributed by atoms with Crippen LogP contribution in [0.5, 0.6) is 0 Å². The van der Waals surface area contributed by atoms with Gasteiger partial charge in [0.25, 0.3) is 5.91 Å². The Morgan fingerprint density at radius 3 is 2.90 bits per heavy atom. The van der Waals surface area contributed by atoms with Crippen LogP contribution in [0, 0.1) is 0 Å². The van der Waals surface area contributed by atoms with Gasteiger partial charge >= 0.3 is 0 Å². The Bertz CT molecular complexity index is 1180. The van der Waals surface area contributed by atoms with Gasteiger partial charge in [0.15, 0.2) is 11.4 Å². The third kappa shape index (κ3) is 2.31. The van der Waals surface area contributed by atoms with Gasteiger partial charge in [0.2, 0.25) is 5.91 Å². The van der Waals surface area contributed by atoms with Crippen LogP contribution < -0.4 is 0 Å². The second-order valence-electron chi connectivity index (χ2n) is 8.26. The number of aryl methyl sites for hydroxylation is 1. The zero-order valence-corrected chi connectivity index (χ0v) is 16.6. The lowest BCUT2D eigenvalue weighted by Crippen LogP contribution is -2.48. The summed E-state index contributed by atoms with van der Waals surface area (Å²) in [5.41, 5.74) is 2.23. The van der Waals surface area contributed by atoms with E-state index in [0.29, 0.717) is 37.0 Å². The molecule has 0 radical (unpaired) electrons. The maximum absolute atomic E-state index is 13.3. The third-order valence-electron chi connectivity index (χ3n) is 6.66. The Kier molecular flexibility index (Phi) is 3.59. The van der Waals surface area contributed by atoms with Crippen molar-refractivity contribution in [2.75, 3.05) is 13.1 Å². The molecule has 3 aliphatic heterocycles. The SMILES string of the molecule is Cn1cnc2cc(C(=O)N3CC[C@@]45O[C@@H](c6ccccc6)CN4C(=O)C[C@@H]35)cnc21. The van der Waals surface area contributed by atoms with Crippen LogP contribution in [-0.2, 0) is 16.6 Å². The third-order valence-corrected chi connectivity index (χ3v) is 6.66. The van der Waals surface area contributed by atoms with E-state index >= 15 is 0 Å². The van der Waals surface area contributed by atoms with E-state index in [1.165, 1.54) is 0 Å². The first-order valence-corrected chi connectivity index (χ1v) is 10.2. The first-order valence-electron chi connectivity index (χ1n) is 10.2. The molecule has 8 nitrogen and oxygen atoms in total. The molecule has 3 aromatic rings. The number of carbonyl (C=O) groups is 2. The number of benzene rings is 1. The van der Waals surface area contributed by atoms with Crippen LogP contribution in [-0.4, -0.2) is 61.0 Å². The summed E-state index contributed by atoms with van der Waals surface area (Å²) in [6.45, 7) is 1.08. The summed E-state index contributed by atoms with van der Waals surface area (Å²) in [5.74, 6) is -0.0763. The highest BCUT2D eigenvalue weighted by atomic mass is 16.5. The number of amides is 2. The number of likely N-dealkylation sites (tertiary alicyclic amines) is 1. The lowest BCUT2D eigenvalue weighted by Gasteiger charge is -2.32. The van der Waals surface area contributed by atoms with E-state index in [-0.39, 0.29) is 24.0 Å². The maximum atomic E-state index is 13.3. The quantitative estimate of drug-likeness (QED) is 0.653. The van der Waals surface area contributed by atoms with Crippen LogP contribution in [0.4, 0.5) is 0 Å². The Balaban J connectivity index is 1.31. The summed E-state index contributed by atoms with van der Waals surface area (Å²) >= 11 is 0. The average Bonchev–Trinajstić information content (AvgIpc) is 3.49. The number of aromatic nitrogens is 3. The molecule has 0 aliphatic carbocycles. The number of pyridine rings is 1. The second kappa shape index (κ2) is 6.12. The molecule has 3 aliphatic rings. The van der Waals surface area contributed by atoms with Gasteiger partial charge in [-0.15, -0.1) is 0 Å². The minimum Gasteiger partial charge on any atom is -0.343 e. The second-order valence-corrected chi connectivity index (χ2v) is 8.26. The summed E-state index contributed by atoms with van der Waals surface area (Å²) in [4.78, 5) is 38.5. The van der Waals surface area contributed by atoms with E-state index < -0.39 is 5.72 Å². The molecule has 0 saturated carbocycles. The van der Waals surface area contributed by atoms with E-state index in [4.69, 9.17) is 4.74 Å². The molecule has 3 saturated heterocycles. The minimum atomic E-state index is -0.726. The summed E-state index contributed by atoms with van der Waals surface area (Å²) < 4.78 is 8.34. The van der Waals surface area contributed by atoms with Gasteiger partial charge in [0, 0.05) is 26.2 Å². The van der Waals surface area contributed by atoms with E-state index in [1.54, 1.807) is 23.5 Å². The Hall–Kier alpha value is -3.26. The molecule has 30 heavy (non-hydrogen) atoms. The number of rotatable bonds is 2. The average molecular weight is 403 g/mol. The molecule has 152 valence electrons. The highest BCUT2D eigenvalue weighted by Gasteiger charge is 2.65. The molecule has 2 aromatic heterocycles. The molecule has 0 bridgehead atoms. The van der Waals surface area contributed by atoms with Crippen molar-refractivity contribution >= 4 is 23.0 Å². The van der Waals surface area contributed by atoms with E-state index in [1.807, 2.05) is 46.8 Å². The normalized spacial score (nSPS) is 27.7. The summed E-state index contributed by atoms with van der Waals surface area (Å²) in [6, 6.07) is 11.4. The molecule has 1 aromatic carbocycles. The molecular weight excluding hydrogens is 382 g/mol. The standard InChI is InChI=1S/C22H21N5O3/c1-25-13-24-16-9-15(11-23-20(16)25)21(29)26-8-7-22-18(26)10-19(28)27(22)12-17(30-22)14-5-3-2-4-6-14/h2-6,9,11,13,17-18H,7-8,10,12H2,1H3/t17-,18-,22+/m1/s1. The number of imidazole rings is 1. The molecule has 6 rings (SSSR count). The van der Waals surface area contributed by atoms with Crippen LogP contribution in [0.15, 0.2) is 48.9 Å². The van der Waals surface area contributed by atoms with E-state index in [2.05, 4.69) is 9.97 Å². The fourth-order valence-corrected chi connectivity index (χ4v) is 5.21. The monoisotopic (exact) mass is 403 g/mol. The number of hydrogen-bond acceptors (Lipinski definition) is 5. The van der Waals surface area contributed by atoms with Crippen LogP contribution in [0.25, 0.3) is 11.2 Å². The van der Waals surface area contributed by atoms with Gasteiger partial charge in [-0.3, -0.25) is 9.59 Å². The summed E-state index contributed by atoms with van der Waals surface area (Å²) in [6.07, 6.45) is 4.03. The zero-order chi connectivity index (χ0) is 20.5. The number of fused-ring (bicyclic) bond motifs is 1. The highest BCUT2D eigenvalue weighted by molar-refractivity contribution is 5.97. The molecule has 0 N–H and O–H groups in total. The number of nitrogens with zero attached hydrogens (tertiary/aromatic N) is 5. The minimum absolute atomic E-state index is 0.0502. The van der Waals surface area contributed by atoms with Crippen LogP contribution in [0.1, 0.15) is 34.9 Å². The van der Waals surface area contributed by atoms with E-state index in [0.717, 1.165) is 11.2 Å². The Labute approximate surface area is 173 Å². The molecule has 3 atom stereocenters. The van der Waals surface area contributed by atoms with Crippen molar-refractivity contribution in [1.29, 1.82) is 0 Å². The van der Waals surface area contributed by atoms with Crippen LogP contribution in [0.2, 0.25) is 0 Å². The van der Waals surface area contributed by atoms with Crippen LogP contribution >= 0.6 is 0 Å². The smallest absolute Gasteiger partial charge is 0.255 e. The largest absolute Gasteiger partial charge is 0.343 e.